The van der Waals surface area contributed by atoms with Gasteiger partial charge in [0.2, 0.25) is 0 Å². The van der Waals surface area contributed by atoms with E-state index in [0.717, 1.165) is 74.4 Å². The summed E-state index contributed by atoms with van der Waals surface area (Å²) in [6.45, 7) is 2.43. The molecule has 2 aliphatic rings. The van der Waals surface area contributed by atoms with E-state index in [-0.39, 0.29) is 5.91 Å². The van der Waals surface area contributed by atoms with E-state index in [0.29, 0.717) is 11.7 Å². The van der Waals surface area contributed by atoms with Crippen molar-refractivity contribution in [1.29, 1.82) is 0 Å². The molecule has 0 bridgehead atoms. The summed E-state index contributed by atoms with van der Waals surface area (Å²) in [6, 6.07) is 6.25. The molecule has 1 saturated heterocycles. The molecule has 1 fully saturated rings. The summed E-state index contributed by atoms with van der Waals surface area (Å²) >= 11 is 0. The minimum Gasteiger partial charge on any atom is -0.497 e. The molecule has 30 heavy (non-hydrogen) atoms. The maximum atomic E-state index is 13.1. The standard InChI is InChI=1S/C23H32N4O3/c1-26-21-8-7-17(24-15-16-11-18(29-2)14-19(12-16)30-3)13-20(21)22(25-26)23(28)27-9-5-4-6-10-27/h11-12,14,17,24H,4-10,13,15H2,1-3H3. The van der Waals surface area contributed by atoms with Gasteiger partial charge in [-0.25, -0.2) is 0 Å². The van der Waals surface area contributed by atoms with Gasteiger partial charge < -0.3 is 19.7 Å². The van der Waals surface area contributed by atoms with Gasteiger partial charge in [-0.05, 0) is 56.2 Å². The number of fused-ring (bicyclic) bond motifs is 1. The first-order chi connectivity index (χ1) is 14.6. The number of aromatic nitrogens is 2. The number of hydrogen-bond donors (Lipinski definition) is 1. The highest BCUT2D eigenvalue weighted by atomic mass is 16.5. The van der Waals surface area contributed by atoms with E-state index >= 15 is 0 Å². The van der Waals surface area contributed by atoms with Crippen molar-refractivity contribution < 1.29 is 14.3 Å². The topological polar surface area (TPSA) is 68.6 Å². The normalized spacial score (nSPS) is 18.8. The first-order valence-corrected chi connectivity index (χ1v) is 10.9. The Morgan fingerprint density at radius 1 is 1.13 bits per heavy atom. The molecule has 2 heterocycles. The summed E-state index contributed by atoms with van der Waals surface area (Å²) in [5.74, 6) is 1.68. The van der Waals surface area contributed by atoms with Crippen LogP contribution in [-0.2, 0) is 26.4 Å². The van der Waals surface area contributed by atoms with Crippen LogP contribution in [0.15, 0.2) is 18.2 Å². The largest absolute Gasteiger partial charge is 0.497 e. The number of amides is 1. The lowest BCUT2D eigenvalue weighted by atomic mass is 9.90. The second-order valence-electron chi connectivity index (χ2n) is 8.29. The third-order valence-electron chi connectivity index (χ3n) is 6.31. The Hall–Kier alpha value is -2.54. The van der Waals surface area contributed by atoms with Crippen LogP contribution < -0.4 is 14.8 Å². The second-order valence-corrected chi connectivity index (χ2v) is 8.29. The number of piperidine rings is 1. The van der Waals surface area contributed by atoms with Crippen LogP contribution in [0.25, 0.3) is 0 Å². The molecule has 1 amide bonds. The summed E-state index contributed by atoms with van der Waals surface area (Å²) in [5.41, 5.74) is 4.10. The number of hydrogen-bond acceptors (Lipinski definition) is 5. The molecular weight excluding hydrogens is 380 g/mol. The molecule has 7 heteroatoms. The number of nitrogens with zero attached hydrogens (tertiary/aromatic N) is 3. The first kappa shape index (κ1) is 20.7. The number of aryl methyl sites for hydroxylation is 1. The predicted molar refractivity (Wildman–Crippen MR) is 115 cm³/mol. The molecule has 7 nitrogen and oxygen atoms in total. The average molecular weight is 413 g/mol. The van der Waals surface area contributed by atoms with Gasteiger partial charge in [0, 0.05) is 50.0 Å². The van der Waals surface area contributed by atoms with E-state index in [1.807, 2.05) is 34.8 Å². The van der Waals surface area contributed by atoms with E-state index in [9.17, 15) is 4.79 Å². The summed E-state index contributed by atoms with van der Waals surface area (Å²) in [7, 11) is 5.29. The zero-order chi connectivity index (χ0) is 21.1. The van der Waals surface area contributed by atoms with Crippen LogP contribution in [-0.4, -0.2) is 53.9 Å². The highest BCUT2D eigenvalue weighted by Gasteiger charge is 2.30. The SMILES string of the molecule is COc1cc(CNC2CCc3c(c(C(=O)N4CCCCC4)nn3C)C2)cc(OC)c1. The second kappa shape index (κ2) is 9.08. The van der Waals surface area contributed by atoms with Crippen molar-refractivity contribution in [3.63, 3.8) is 0 Å². The Bertz CT molecular complexity index is 880. The number of nitrogens with one attached hydrogen (secondary N) is 1. The van der Waals surface area contributed by atoms with Gasteiger partial charge in [-0.3, -0.25) is 9.48 Å². The van der Waals surface area contributed by atoms with Crippen LogP contribution in [0.3, 0.4) is 0 Å². The Kier molecular flexibility index (Phi) is 6.27. The highest BCUT2D eigenvalue weighted by Crippen LogP contribution is 2.27. The van der Waals surface area contributed by atoms with Crippen LogP contribution >= 0.6 is 0 Å². The Morgan fingerprint density at radius 2 is 1.83 bits per heavy atom. The summed E-state index contributed by atoms with van der Waals surface area (Å²) in [6.07, 6.45) is 6.20. The Labute approximate surface area is 178 Å². The third kappa shape index (κ3) is 4.31. The molecule has 0 radical (unpaired) electrons. The molecule has 1 aromatic carbocycles. The number of methoxy groups -OCH3 is 2. The number of benzene rings is 1. The van der Waals surface area contributed by atoms with Crippen molar-refractivity contribution in [2.75, 3.05) is 27.3 Å². The van der Waals surface area contributed by atoms with E-state index in [2.05, 4.69) is 10.4 Å². The lowest BCUT2D eigenvalue weighted by molar-refractivity contribution is 0.0716. The highest BCUT2D eigenvalue weighted by molar-refractivity contribution is 5.94. The average Bonchev–Trinajstić information content (AvgIpc) is 3.13. The van der Waals surface area contributed by atoms with Crippen LogP contribution in [0, 0.1) is 0 Å². The number of ether oxygens (including phenoxy) is 2. The van der Waals surface area contributed by atoms with Gasteiger partial charge in [0.25, 0.3) is 5.91 Å². The number of likely N-dealkylation sites (tertiary alicyclic amines) is 1. The smallest absolute Gasteiger partial charge is 0.274 e. The van der Waals surface area contributed by atoms with Gasteiger partial charge in [0.05, 0.1) is 14.2 Å². The first-order valence-electron chi connectivity index (χ1n) is 10.9. The van der Waals surface area contributed by atoms with E-state index in [1.54, 1.807) is 14.2 Å². The molecule has 1 aliphatic heterocycles. The predicted octanol–water partition coefficient (Wildman–Crippen LogP) is 2.71. The Morgan fingerprint density at radius 3 is 2.50 bits per heavy atom. The zero-order valence-electron chi connectivity index (χ0n) is 18.2. The van der Waals surface area contributed by atoms with Crippen molar-refractivity contribution in [1.82, 2.24) is 20.0 Å². The van der Waals surface area contributed by atoms with E-state index in [1.165, 1.54) is 12.1 Å². The molecule has 4 rings (SSSR count). The van der Waals surface area contributed by atoms with Gasteiger partial charge in [-0.2, -0.15) is 5.10 Å². The number of carbonyl (C=O) groups excluding carboxylic acids is 1. The van der Waals surface area contributed by atoms with Gasteiger partial charge >= 0.3 is 0 Å². The molecule has 1 aliphatic carbocycles. The lowest BCUT2D eigenvalue weighted by Gasteiger charge is -2.28. The molecule has 1 unspecified atom stereocenters. The maximum Gasteiger partial charge on any atom is 0.274 e. The van der Waals surface area contributed by atoms with Crippen molar-refractivity contribution >= 4 is 5.91 Å². The third-order valence-corrected chi connectivity index (χ3v) is 6.31. The van der Waals surface area contributed by atoms with Crippen LogP contribution in [0.2, 0.25) is 0 Å². The molecular formula is C23H32N4O3. The fraction of sp³-hybridized carbons (Fsp3) is 0.565. The molecule has 1 atom stereocenters. The maximum absolute atomic E-state index is 13.1. The minimum atomic E-state index is 0.102. The quantitative estimate of drug-likeness (QED) is 0.790. The van der Waals surface area contributed by atoms with Crippen molar-refractivity contribution in [2.24, 2.45) is 7.05 Å². The van der Waals surface area contributed by atoms with Gasteiger partial charge in [-0.1, -0.05) is 0 Å². The summed E-state index contributed by atoms with van der Waals surface area (Å²) in [4.78, 5) is 15.1. The fourth-order valence-electron chi connectivity index (χ4n) is 4.61. The molecule has 1 aromatic heterocycles. The van der Waals surface area contributed by atoms with Crippen molar-refractivity contribution in [3.05, 3.63) is 40.7 Å². The van der Waals surface area contributed by atoms with Crippen molar-refractivity contribution in [3.8, 4) is 11.5 Å². The molecule has 0 spiro atoms. The van der Waals surface area contributed by atoms with Crippen LogP contribution in [0.4, 0.5) is 0 Å². The lowest BCUT2D eigenvalue weighted by Crippen LogP contribution is -2.38. The summed E-state index contributed by atoms with van der Waals surface area (Å²) in [5, 5.41) is 8.29. The van der Waals surface area contributed by atoms with Gasteiger partial charge in [0.1, 0.15) is 11.5 Å². The van der Waals surface area contributed by atoms with E-state index < -0.39 is 0 Å². The number of rotatable bonds is 6. The summed E-state index contributed by atoms with van der Waals surface area (Å²) < 4.78 is 12.7. The van der Waals surface area contributed by atoms with Gasteiger partial charge in [0.15, 0.2) is 5.69 Å². The zero-order valence-corrected chi connectivity index (χ0v) is 18.2. The van der Waals surface area contributed by atoms with E-state index in [4.69, 9.17) is 9.47 Å². The molecule has 1 N–H and O–H groups in total. The molecule has 0 saturated carbocycles. The van der Waals surface area contributed by atoms with Gasteiger partial charge in [-0.15, -0.1) is 0 Å². The monoisotopic (exact) mass is 412 g/mol. The number of carbonyl (C=O) groups is 1. The Balaban J connectivity index is 1.46. The van der Waals surface area contributed by atoms with Crippen LogP contribution in [0.1, 0.15) is 53.0 Å². The van der Waals surface area contributed by atoms with Crippen LogP contribution in [0.5, 0.6) is 11.5 Å². The minimum absolute atomic E-state index is 0.102. The molecule has 162 valence electrons. The molecule has 2 aromatic rings. The fourth-order valence-corrected chi connectivity index (χ4v) is 4.61. The van der Waals surface area contributed by atoms with Crippen molar-refractivity contribution in [2.45, 2.75) is 51.1 Å².